The lowest BCUT2D eigenvalue weighted by Crippen LogP contribution is -2.56. The minimum absolute atomic E-state index is 0.103. The van der Waals surface area contributed by atoms with Gasteiger partial charge >= 0.3 is 0 Å². The topological polar surface area (TPSA) is 45.7 Å². The first kappa shape index (κ1) is 13.5. The number of para-hydroxylation sites is 1. The Balaban J connectivity index is 1.42. The number of carbonyl (C=O) groups is 1. The van der Waals surface area contributed by atoms with Crippen LogP contribution in [0.2, 0.25) is 0 Å². The lowest BCUT2D eigenvalue weighted by Gasteiger charge is -2.42. The van der Waals surface area contributed by atoms with Gasteiger partial charge in [-0.15, -0.1) is 0 Å². The highest BCUT2D eigenvalue weighted by molar-refractivity contribution is 5.83. The van der Waals surface area contributed by atoms with Crippen LogP contribution < -0.4 is 4.90 Å². The second-order valence-corrected chi connectivity index (χ2v) is 5.90. The maximum Gasteiger partial charge on any atom is 0.229 e. The van der Waals surface area contributed by atoms with Crippen molar-refractivity contribution in [2.45, 2.75) is 0 Å². The molecular weight excluding hydrogens is 278 g/mol. The lowest BCUT2D eigenvalue weighted by atomic mass is 9.98. The first-order valence-corrected chi connectivity index (χ1v) is 7.78. The molecule has 22 heavy (non-hydrogen) atoms. The van der Waals surface area contributed by atoms with Crippen molar-refractivity contribution in [2.24, 2.45) is 5.92 Å². The number of ether oxygens (including phenoxy) is 1. The summed E-state index contributed by atoms with van der Waals surface area (Å²) in [6.07, 6.45) is 0. The van der Waals surface area contributed by atoms with Gasteiger partial charge in [0.25, 0.3) is 0 Å². The number of pyridine rings is 1. The van der Waals surface area contributed by atoms with Crippen molar-refractivity contribution in [3.05, 3.63) is 36.4 Å². The summed E-state index contributed by atoms with van der Waals surface area (Å²) in [7, 11) is 0. The van der Waals surface area contributed by atoms with E-state index in [2.05, 4.69) is 22.0 Å². The number of hydrogen-bond donors (Lipinski definition) is 0. The Labute approximate surface area is 129 Å². The van der Waals surface area contributed by atoms with E-state index >= 15 is 0 Å². The average Bonchev–Trinajstić information content (AvgIpc) is 2.54. The maximum atomic E-state index is 12.4. The van der Waals surface area contributed by atoms with Gasteiger partial charge in [0.15, 0.2) is 0 Å². The highest BCUT2D eigenvalue weighted by Crippen LogP contribution is 2.26. The number of benzene rings is 1. The second-order valence-electron chi connectivity index (χ2n) is 5.90. The van der Waals surface area contributed by atoms with Gasteiger partial charge in [-0.2, -0.15) is 0 Å². The fourth-order valence-electron chi connectivity index (χ4n) is 3.10. The van der Waals surface area contributed by atoms with E-state index in [4.69, 9.17) is 4.74 Å². The van der Waals surface area contributed by atoms with Gasteiger partial charge < -0.3 is 14.5 Å². The molecule has 0 saturated carbocycles. The molecule has 2 fully saturated rings. The Hall–Kier alpha value is -2.14. The number of morpholine rings is 1. The van der Waals surface area contributed by atoms with Crippen molar-refractivity contribution >= 4 is 22.6 Å². The van der Waals surface area contributed by atoms with Crippen LogP contribution in [0, 0.1) is 5.92 Å². The molecule has 1 aromatic heterocycles. The van der Waals surface area contributed by atoms with E-state index in [-0.39, 0.29) is 11.8 Å². The smallest absolute Gasteiger partial charge is 0.229 e. The van der Waals surface area contributed by atoms with Crippen molar-refractivity contribution < 1.29 is 9.53 Å². The Morgan fingerprint density at radius 3 is 2.68 bits per heavy atom. The molecule has 2 aliphatic rings. The number of rotatable bonds is 2. The molecule has 2 aliphatic heterocycles. The summed E-state index contributed by atoms with van der Waals surface area (Å²) in [5.74, 6) is 1.33. The first-order valence-electron chi connectivity index (χ1n) is 7.78. The number of carbonyl (C=O) groups excluding carboxylic acids is 1. The molecule has 3 heterocycles. The first-order chi connectivity index (χ1) is 10.8. The van der Waals surface area contributed by atoms with Crippen LogP contribution in [0.5, 0.6) is 0 Å². The van der Waals surface area contributed by atoms with Crippen LogP contribution in [-0.4, -0.2) is 55.2 Å². The molecule has 4 rings (SSSR count). The van der Waals surface area contributed by atoms with E-state index in [0.29, 0.717) is 13.2 Å². The largest absolute Gasteiger partial charge is 0.378 e. The Morgan fingerprint density at radius 1 is 1.09 bits per heavy atom. The minimum Gasteiger partial charge on any atom is -0.378 e. The predicted octanol–water partition coefficient (Wildman–Crippen LogP) is 1.53. The van der Waals surface area contributed by atoms with Gasteiger partial charge in [-0.3, -0.25) is 4.79 Å². The number of anilines is 1. The molecule has 1 amide bonds. The Kier molecular flexibility index (Phi) is 3.42. The predicted molar refractivity (Wildman–Crippen MR) is 84.8 cm³/mol. The molecule has 0 N–H and O–H groups in total. The highest BCUT2D eigenvalue weighted by Gasteiger charge is 2.36. The number of amides is 1. The summed E-state index contributed by atoms with van der Waals surface area (Å²) < 4.78 is 5.30. The third kappa shape index (κ3) is 2.41. The molecular formula is C17H19N3O2. The summed E-state index contributed by atoms with van der Waals surface area (Å²) in [4.78, 5) is 21.2. The fourth-order valence-corrected chi connectivity index (χ4v) is 3.10. The van der Waals surface area contributed by atoms with Gasteiger partial charge in [0.05, 0.1) is 24.6 Å². The molecule has 114 valence electrons. The number of hydrogen-bond acceptors (Lipinski definition) is 4. The molecule has 0 atom stereocenters. The highest BCUT2D eigenvalue weighted by atomic mass is 16.5. The Morgan fingerprint density at radius 2 is 1.86 bits per heavy atom. The second kappa shape index (κ2) is 5.57. The molecule has 0 aliphatic carbocycles. The minimum atomic E-state index is 0.103. The molecule has 5 heteroatoms. The van der Waals surface area contributed by atoms with Crippen molar-refractivity contribution in [1.29, 1.82) is 0 Å². The number of fused-ring (bicyclic) bond motifs is 1. The van der Waals surface area contributed by atoms with Gasteiger partial charge in [-0.05, 0) is 18.2 Å². The zero-order valence-corrected chi connectivity index (χ0v) is 12.4. The normalized spacial score (nSPS) is 19.3. The molecule has 1 aromatic carbocycles. The quantitative estimate of drug-likeness (QED) is 0.843. The third-order valence-electron chi connectivity index (χ3n) is 4.46. The van der Waals surface area contributed by atoms with Crippen LogP contribution in [-0.2, 0) is 9.53 Å². The van der Waals surface area contributed by atoms with E-state index in [1.54, 1.807) is 0 Å². The summed E-state index contributed by atoms with van der Waals surface area (Å²) in [5, 5.41) is 1.15. The lowest BCUT2D eigenvalue weighted by molar-refractivity contribution is -0.140. The summed E-state index contributed by atoms with van der Waals surface area (Å²) in [5.41, 5.74) is 1.00. The van der Waals surface area contributed by atoms with Crippen molar-refractivity contribution in [2.75, 3.05) is 44.3 Å². The fraction of sp³-hybridized carbons (Fsp3) is 0.412. The van der Waals surface area contributed by atoms with E-state index < -0.39 is 0 Å². The van der Waals surface area contributed by atoms with Crippen molar-refractivity contribution in [3.63, 3.8) is 0 Å². The molecule has 0 unspecified atom stereocenters. The van der Waals surface area contributed by atoms with Crippen LogP contribution in [0.3, 0.4) is 0 Å². The maximum absolute atomic E-state index is 12.4. The summed E-state index contributed by atoms with van der Waals surface area (Å²) in [6, 6.07) is 12.2. The van der Waals surface area contributed by atoms with E-state index in [0.717, 1.165) is 42.9 Å². The summed E-state index contributed by atoms with van der Waals surface area (Å²) >= 11 is 0. The van der Waals surface area contributed by atoms with E-state index in [9.17, 15) is 4.79 Å². The van der Waals surface area contributed by atoms with Crippen molar-refractivity contribution in [3.8, 4) is 0 Å². The SMILES string of the molecule is O=C(C1CN(c2ccc3ccccc3n2)C1)N1CCOCC1. The standard InChI is InChI=1S/C17H19N3O2/c21-17(19-7-9-22-10-8-19)14-11-20(12-14)16-6-5-13-3-1-2-4-15(13)18-16/h1-6,14H,7-12H2. The molecule has 2 aromatic rings. The zero-order valence-electron chi connectivity index (χ0n) is 12.4. The van der Waals surface area contributed by atoms with E-state index in [1.165, 1.54) is 0 Å². The molecule has 0 spiro atoms. The number of aromatic nitrogens is 1. The van der Waals surface area contributed by atoms with Crippen LogP contribution in [0.15, 0.2) is 36.4 Å². The van der Waals surface area contributed by atoms with E-state index in [1.807, 2.05) is 29.2 Å². The Bertz CT molecular complexity index is 691. The summed E-state index contributed by atoms with van der Waals surface area (Å²) in [6.45, 7) is 4.30. The van der Waals surface area contributed by atoms with Crippen LogP contribution in [0.4, 0.5) is 5.82 Å². The zero-order chi connectivity index (χ0) is 14.9. The van der Waals surface area contributed by atoms with Crippen LogP contribution in [0.1, 0.15) is 0 Å². The average molecular weight is 297 g/mol. The molecule has 0 radical (unpaired) electrons. The van der Waals surface area contributed by atoms with Gasteiger partial charge in [0.1, 0.15) is 5.82 Å². The van der Waals surface area contributed by atoms with Gasteiger partial charge in [0.2, 0.25) is 5.91 Å². The number of nitrogens with zero attached hydrogens (tertiary/aromatic N) is 3. The van der Waals surface area contributed by atoms with Gasteiger partial charge in [-0.1, -0.05) is 18.2 Å². The van der Waals surface area contributed by atoms with Gasteiger partial charge in [-0.25, -0.2) is 4.98 Å². The van der Waals surface area contributed by atoms with Crippen molar-refractivity contribution in [1.82, 2.24) is 9.88 Å². The molecule has 2 saturated heterocycles. The molecule has 0 bridgehead atoms. The monoisotopic (exact) mass is 297 g/mol. The van der Waals surface area contributed by atoms with Crippen LogP contribution >= 0.6 is 0 Å². The third-order valence-corrected chi connectivity index (χ3v) is 4.46. The van der Waals surface area contributed by atoms with Gasteiger partial charge in [0, 0.05) is 31.6 Å². The van der Waals surface area contributed by atoms with Crippen LogP contribution in [0.25, 0.3) is 10.9 Å². The molecule has 5 nitrogen and oxygen atoms in total.